The number of ether oxygens (including phenoxy) is 1. The lowest BCUT2D eigenvalue weighted by Crippen LogP contribution is -2.41. The smallest absolute Gasteiger partial charge is 0.253 e. The van der Waals surface area contributed by atoms with E-state index < -0.39 is 6.04 Å². The minimum absolute atomic E-state index is 0.0349. The number of aryl methyl sites for hydroxylation is 1. The molecule has 1 fully saturated rings. The SMILES string of the molecule is COc1ccc(CN2CCC(NC(=O)c3cc[nH]c3C)C2=O)cc1. The van der Waals surface area contributed by atoms with Crippen molar-refractivity contribution >= 4 is 11.8 Å². The van der Waals surface area contributed by atoms with Gasteiger partial charge in [-0.15, -0.1) is 0 Å². The van der Waals surface area contributed by atoms with E-state index in [1.54, 1.807) is 24.3 Å². The fourth-order valence-electron chi connectivity index (χ4n) is 2.92. The number of hydrogen-bond acceptors (Lipinski definition) is 3. The summed E-state index contributed by atoms with van der Waals surface area (Å²) in [6.07, 6.45) is 2.35. The molecule has 1 aliphatic heterocycles. The van der Waals surface area contributed by atoms with E-state index in [1.807, 2.05) is 31.2 Å². The minimum atomic E-state index is -0.454. The third-order valence-corrected chi connectivity index (χ3v) is 4.33. The number of nitrogens with zero attached hydrogens (tertiary/aromatic N) is 1. The molecular formula is C18H21N3O3. The van der Waals surface area contributed by atoms with Gasteiger partial charge in [0.1, 0.15) is 11.8 Å². The number of rotatable bonds is 5. The van der Waals surface area contributed by atoms with Gasteiger partial charge in [-0.2, -0.15) is 0 Å². The van der Waals surface area contributed by atoms with Crippen LogP contribution in [-0.4, -0.2) is 41.4 Å². The van der Waals surface area contributed by atoms with Crippen LogP contribution in [0, 0.1) is 6.92 Å². The van der Waals surface area contributed by atoms with Crippen LogP contribution in [0.3, 0.4) is 0 Å². The number of amides is 2. The Balaban J connectivity index is 1.60. The number of benzene rings is 1. The number of H-pyrrole nitrogens is 1. The van der Waals surface area contributed by atoms with Crippen molar-refractivity contribution < 1.29 is 14.3 Å². The molecule has 0 saturated carbocycles. The van der Waals surface area contributed by atoms with E-state index in [0.717, 1.165) is 17.0 Å². The molecule has 2 aromatic rings. The largest absolute Gasteiger partial charge is 0.497 e. The molecule has 6 nitrogen and oxygen atoms in total. The molecule has 2 amide bonds. The first kappa shape index (κ1) is 16.1. The number of aromatic amines is 1. The molecule has 1 unspecified atom stereocenters. The summed E-state index contributed by atoms with van der Waals surface area (Å²) in [6.45, 7) is 3.02. The normalized spacial score (nSPS) is 17.2. The highest BCUT2D eigenvalue weighted by atomic mass is 16.5. The summed E-state index contributed by atoms with van der Waals surface area (Å²) in [5.41, 5.74) is 2.42. The second-order valence-electron chi connectivity index (χ2n) is 5.94. The Morgan fingerprint density at radius 1 is 1.33 bits per heavy atom. The first-order valence-electron chi connectivity index (χ1n) is 7.95. The van der Waals surface area contributed by atoms with Gasteiger partial charge in [0.2, 0.25) is 5.91 Å². The third-order valence-electron chi connectivity index (χ3n) is 4.33. The monoisotopic (exact) mass is 327 g/mol. The Labute approximate surface area is 140 Å². The summed E-state index contributed by atoms with van der Waals surface area (Å²) in [4.78, 5) is 29.5. The van der Waals surface area contributed by atoms with E-state index in [1.165, 1.54) is 0 Å². The Kier molecular flexibility index (Phi) is 4.55. The predicted octanol–water partition coefficient (Wildman–Crippen LogP) is 1.86. The second-order valence-corrected chi connectivity index (χ2v) is 5.94. The van der Waals surface area contributed by atoms with Crippen LogP contribution in [0.5, 0.6) is 5.75 Å². The molecule has 24 heavy (non-hydrogen) atoms. The summed E-state index contributed by atoms with van der Waals surface area (Å²) >= 11 is 0. The van der Waals surface area contributed by atoms with Crippen LogP contribution >= 0.6 is 0 Å². The van der Waals surface area contributed by atoms with Crippen LogP contribution < -0.4 is 10.1 Å². The Bertz CT molecular complexity index is 736. The zero-order valence-electron chi connectivity index (χ0n) is 13.8. The Morgan fingerprint density at radius 3 is 2.71 bits per heavy atom. The molecule has 2 heterocycles. The van der Waals surface area contributed by atoms with Crippen molar-refractivity contribution in [2.45, 2.75) is 25.9 Å². The summed E-state index contributed by atoms with van der Waals surface area (Å²) in [5.74, 6) is 0.546. The summed E-state index contributed by atoms with van der Waals surface area (Å²) in [6, 6.07) is 8.92. The van der Waals surface area contributed by atoms with Gasteiger partial charge in [0.25, 0.3) is 5.91 Å². The Morgan fingerprint density at radius 2 is 2.08 bits per heavy atom. The lowest BCUT2D eigenvalue weighted by Gasteiger charge is -2.17. The van der Waals surface area contributed by atoms with Gasteiger partial charge in [0.15, 0.2) is 0 Å². The molecule has 126 valence electrons. The molecule has 1 atom stereocenters. The van der Waals surface area contributed by atoms with Gasteiger partial charge >= 0.3 is 0 Å². The molecule has 1 aromatic carbocycles. The topological polar surface area (TPSA) is 74.4 Å². The average molecular weight is 327 g/mol. The van der Waals surface area contributed by atoms with Crippen molar-refractivity contribution in [1.29, 1.82) is 0 Å². The molecule has 6 heteroatoms. The third kappa shape index (κ3) is 3.27. The van der Waals surface area contributed by atoms with E-state index in [-0.39, 0.29) is 11.8 Å². The second kappa shape index (κ2) is 6.78. The maximum absolute atomic E-state index is 12.5. The lowest BCUT2D eigenvalue weighted by molar-refractivity contribution is -0.129. The van der Waals surface area contributed by atoms with Crippen LogP contribution in [0.4, 0.5) is 0 Å². The maximum atomic E-state index is 12.5. The van der Waals surface area contributed by atoms with Gasteiger partial charge in [-0.25, -0.2) is 0 Å². The van der Waals surface area contributed by atoms with Gasteiger partial charge in [0, 0.05) is 25.0 Å². The van der Waals surface area contributed by atoms with Crippen molar-refractivity contribution in [3.8, 4) is 5.75 Å². The molecule has 1 saturated heterocycles. The van der Waals surface area contributed by atoms with Crippen molar-refractivity contribution in [2.75, 3.05) is 13.7 Å². The van der Waals surface area contributed by atoms with Gasteiger partial charge in [0.05, 0.1) is 12.7 Å². The van der Waals surface area contributed by atoms with E-state index in [2.05, 4.69) is 10.3 Å². The molecule has 0 radical (unpaired) electrons. The van der Waals surface area contributed by atoms with E-state index in [0.29, 0.717) is 25.1 Å². The fraction of sp³-hybridized carbons (Fsp3) is 0.333. The Hall–Kier alpha value is -2.76. The van der Waals surface area contributed by atoms with Crippen LogP contribution in [0.2, 0.25) is 0 Å². The fourth-order valence-corrected chi connectivity index (χ4v) is 2.92. The van der Waals surface area contributed by atoms with Gasteiger partial charge < -0.3 is 19.9 Å². The highest BCUT2D eigenvalue weighted by Crippen LogP contribution is 2.18. The first-order chi connectivity index (χ1) is 11.6. The van der Waals surface area contributed by atoms with Crippen LogP contribution in [0.1, 0.15) is 28.0 Å². The average Bonchev–Trinajstić information content (AvgIpc) is 3.16. The van der Waals surface area contributed by atoms with Crippen molar-refractivity contribution in [1.82, 2.24) is 15.2 Å². The first-order valence-corrected chi connectivity index (χ1v) is 7.95. The molecule has 1 aliphatic rings. The quantitative estimate of drug-likeness (QED) is 0.880. The molecule has 3 rings (SSSR count). The van der Waals surface area contributed by atoms with Gasteiger partial charge in [-0.3, -0.25) is 9.59 Å². The standard InChI is InChI=1S/C18H21N3O3/c1-12-15(7-9-19-12)17(22)20-16-8-10-21(18(16)23)11-13-3-5-14(24-2)6-4-13/h3-7,9,16,19H,8,10-11H2,1-2H3,(H,20,22). The number of nitrogens with one attached hydrogen (secondary N) is 2. The highest BCUT2D eigenvalue weighted by molar-refractivity contribution is 5.98. The van der Waals surface area contributed by atoms with Crippen LogP contribution in [-0.2, 0) is 11.3 Å². The van der Waals surface area contributed by atoms with E-state index in [4.69, 9.17) is 4.74 Å². The number of carbonyl (C=O) groups excluding carboxylic acids is 2. The molecule has 0 aliphatic carbocycles. The summed E-state index contributed by atoms with van der Waals surface area (Å²) in [7, 11) is 1.62. The highest BCUT2D eigenvalue weighted by Gasteiger charge is 2.33. The zero-order valence-corrected chi connectivity index (χ0v) is 13.8. The van der Waals surface area contributed by atoms with Crippen LogP contribution in [0.25, 0.3) is 0 Å². The van der Waals surface area contributed by atoms with Gasteiger partial charge in [-0.05, 0) is 37.1 Å². The predicted molar refractivity (Wildman–Crippen MR) is 89.8 cm³/mol. The zero-order chi connectivity index (χ0) is 17.1. The number of aromatic nitrogens is 1. The van der Waals surface area contributed by atoms with Crippen molar-refractivity contribution in [3.05, 3.63) is 53.3 Å². The number of methoxy groups -OCH3 is 1. The van der Waals surface area contributed by atoms with Crippen molar-refractivity contribution in [3.63, 3.8) is 0 Å². The van der Waals surface area contributed by atoms with Crippen LogP contribution in [0.15, 0.2) is 36.5 Å². The summed E-state index contributed by atoms with van der Waals surface area (Å²) in [5, 5.41) is 2.84. The molecule has 1 aromatic heterocycles. The lowest BCUT2D eigenvalue weighted by atomic mass is 10.2. The number of carbonyl (C=O) groups is 2. The number of likely N-dealkylation sites (tertiary alicyclic amines) is 1. The van der Waals surface area contributed by atoms with Gasteiger partial charge in [-0.1, -0.05) is 12.1 Å². The molecule has 0 spiro atoms. The summed E-state index contributed by atoms with van der Waals surface area (Å²) < 4.78 is 5.14. The molecule has 2 N–H and O–H groups in total. The van der Waals surface area contributed by atoms with Crippen molar-refractivity contribution in [2.24, 2.45) is 0 Å². The molecule has 0 bridgehead atoms. The minimum Gasteiger partial charge on any atom is -0.497 e. The number of hydrogen-bond donors (Lipinski definition) is 2. The maximum Gasteiger partial charge on any atom is 0.253 e. The van der Waals surface area contributed by atoms with E-state index in [9.17, 15) is 9.59 Å². The molecular weight excluding hydrogens is 306 g/mol. The van der Waals surface area contributed by atoms with E-state index >= 15 is 0 Å².